The highest BCUT2D eigenvalue weighted by Crippen LogP contribution is 2.17. The molecule has 1 unspecified atom stereocenters. The first-order chi connectivity index (χ1) is 7.15. The van der Waals surface area contributed by atoms with Gasteiger partial charge in [0.15, 0.2) is 0 Å². The highest BCUT2D eigenvalue weighted by molar-refractivity contribution is 5.81. The molecule has 0 aromatic heterocycles. The van der Waals surface area contributed by atoms with E-state index in [9.17, 15) is 4.79 Å². The minimum absolute atomic E-state index is 0.158. The fraction of sp³-hybridized carbons (Fsp3) is 0.917. The van der Waals surface area contributed by atoms with Crippen molar-refractivity contribution in [1.29, 1.82) is 0 Å². The number of carbonyl (C=O) groups is 1. The molecular weight excluding hydrogens is 188 g/mol. The Balaban J connectivity index is 2.44. The number of nitrogens with two attached hydrogens (primary N) is 1. The Bertz CT molecular complexity index is 206. The van der Waals surface area contributed by atoms with Crippen molar-refractivity contribution in [2.45, 2.75) is 52.0 Å². The van der Waals surface area contributed by atoms with Crippen LogP contribution in [0.1, 0.15) is 46.0 Å². The summed E-state index contributed by atoms with van der Waals surface area (Å²) in [6.45, 7) is 6.13. The third-order valence-corrected chi connectivity index (χ3v) is 3.25. The molecule has 2 atom stereocenters. The smallest absolute Gasteiger partial charge is 0.239 e. The van der Waals surface area contributed by atoms with E-state index in [-0.39, 0.29) is 11.9 Å². The van der Waals surface area contributed by atoms with Gasteiger partial charge in [0.2, 0.25) is 5.91 Å². The van der Waals surface area contributed by atoms with E-state index in [1.54, 1.807) is 0 Å². The lowest BCUT2D eigenvalue weighted by molar-refractivity contribution is -0.132. The van der Waals surface area contributed by atoms with E-state index in [2.05, 4.69) is 13.8 Å². The van der Waals surface area contributed by atoms with Gasteiger partial charge < -0.3 is 10.6 Å². The standard InChI is InChI=1S/C12H24N2O/c1-3-5-11(13)12(15)14-8-4-6-10(2)7-9-14/h10-11H,3-9,13H2,1-2H3/t10?,11-/m1/s1. The topological polar surface area (TPSA) is 46.3 Å². The molecule has 1 rings (SSSR count). The minimum atomic E-state index is -0.275. The summed E-state index contributed by atoms with van der Waals surface area (Å²) in [7, 11) is 0. The second-order valence-corrected chi connectivity index (χ2v) is 4.76. The molecule has 0 radical (unpaired) electrons. The fourth-order valence-electron chi connectivity index (χ4n) is 2.15. The summed E-state index contributed by atoms with van der Waals surface area (Å²) in [5.74, 6) is 0.913. The molecule has 0 spiro atoms. The average molecular weight is 212 g/mol. The molecule has 1 fully saturated rings. The molecule has 1 amide bonds. The van der Waals surface area contributed by atoms with Gasteiger partial charge in [-0.15, -0.1) is 0 Å². The van der Waals surface area contributed by atoms with Crippen LogP contribution in [-0.4, -0.2) is 29.9 Å². The van der Waals surface area contributed by atoms with Crippen molar-refractivity contribution < 1.29 is 4.79 Å². The van der Waals surface area contributed by atoms with Gasteiger partial charge in [0.25, 0.3) is 0 Å². The summed E-state index contributed by atoms with van der Waals surface area (Å²) in [5, 5.41) is 0. The Morgan fingerprint density at radius 1 is 1.47 bits per heavy atom. The zero-order valence-corrected chi connectivity index (χ0v) is 10.0. The third-order valence-electron chi connectivity index (χ3n) is 3.25. The van der Waals surface area contributed by atoms with E-state index < -0.39 is 0 Å². The molecule has 2 N–H and O–H groups in total. The van der Waals surface area contributed by atoms with Crippen LogP contribution < -0.4 is 5.73 Å². The van der Waals surface area contributed by atoms with Crippen LogP contribution in [0.15, 0.2) is 0 Å². The molecule has 0 aromatic rings. The van der Waals surface area contributed by atoms with E-state index >= 15 is 0 Å². The lowest BCUT2D eigenvalue weighted by Gasteiger charge is -2.23. The maximum absolute atomic E-state index is 11.9. The Morgan fingerprint density at radius 3 is 2.87 bits per heavy atom. The summed E-state index contributed by atoms with van der Waals surface area (Å²) < 4.78 is 0. The average Bonchev–Trinajstić information content (AvgIpc) is 2.42. The second-order valence-electron chi connectivity index (χ2n) is 4.76. The number of carbonyl (C=O) groups excluding carboxylic acids is 1. The summed E-state index contributed by atoms with van der Waals surface area (Å²) in [6, 6.07) is -0.275. The van der Waals surface area contributed by atoms with Gasteiger partial charge >= 0.3 is 0 Å². The molecule has 1 heterocycles. The number of hydrogen-bond donors (Lipinski definition) is 1. The van der Waals surface area contributed by atoms with Crippen molar-refractivity contribution in [3.05, 3.63) is 0 Å². The maximum Gasteiger partial charge on any atom is 0.239 e. The molecule has 0 aliphatic carbocycles. The van der Waals surface area contributed by atoms with Crippen molar-refractivity contribution >= 4 is 5.91 Å². The van der Waals surface area contributed by atoms with Crippen molar-refractivity contribution in [3.63, 3.8) is 0 Å². The highest BCUT2D eigenvalue weighted by atomic mass is 16.2. The summed E-state index contributed by atoms with van der Waals surface area (Å²) in [4.78, 5) is 13.9. The zero-order valence-electron chi connectivity index (χ0n) is 10.0. The molecule has 88 valence electrons. The molecule has 1 aliphatic rings. The minimum Gasteiger partial charge on any atom is -0.341 e. The summed E-state index contributed by atoms with van der Waals surface area (Å²) in [6.07, 6.45) is 5.30. The Labute approximate surface area is 93.0 Å². The number of likely N-dealkylation sites (tertiary alicyclic amines) is 1. The van der Waals surface area contributed by atoms with E-state index in [0.717, 1.165) is 44.7 Å². The van der Waals surface area contributed by atoms with Crippen LogP contribution in [0.4, 0.5) is 0 Å². The molecule has 0 aromatic carbocycles. The van der Waals surface area contributed by atoms with Crippen LogP contribution in [0.3, 0.4) is 0 Å². The molecular formula is C12H24N2O. The Kier molecular flexibility index (Phi) is 5.09. The van der Waals surface area contributed by atoms with Crippen molar-refractivity contribution in [1.82, 2.24) is 4.90 Å². The largest absolute Gasteiger partial charge is 0.341 e. The Morgan fingerprint density at radius 2 is 2.20 bits per heavy atom. The summed E-state index contributed by atoms with van der Waals surface area (Å²) >= 11 is 0. The van der Waals surface area contributed by atoms with E-state index in [1.165, 1.54) is 6.42 Å². The SMILES string of the molecule is CCC[C@@H](N)C(=O)N1CCCC(C)CC1. The summed E-state index contributed by atoms with van der Waals surface area (Å²) in [5.41, 5.74) is 5.85. The quantitative estimate of drug-likeness (QED) is 0.775. The molecule has 0 saturated carbocycles. The highest BCUT2D eigenvalue weighted by Gasteiger charge is 2.22. The second kappa shape index (κ2) is 6.11. The van der Waals surface area contributed by atoms with Crippen LogP contribution in [0.5, 0.6) is 0 Å². The normalized spacial score (nSPS) is 24.7. The van der Waals surface area contributed by atoms with Gasteiger partial charge in [-0.1, -0.05) is 20.3 Å². The van der Waals surface area contributed by atoms with Gasteiger partial charge in [-0.05, 0) is 31.6 Å². The van der Waals surface area contributed by atoms with Gasteiger partial charge in [-0.2, -0.15) is 0 Å². The number of hydrogen-bond acceptors (Lipinski definition) is 2. The van der Waals surface area contributed by atoms with Gasteiger partial charge in [0.05, 0.1) is 6.04 Å². The molecule has 15 heavy (non-hydrogen) atoms. The predicted octanol–water partition coefficient (Wildman–Crippen LogP) is 1.76. The van der Waals surface area contributed by atoms with Gasteiger partial charge in [-0.3, -0.25) is 4.79 Å². The number of rotatable bonds is 3. The first kappa shape index (κ1) is 12.5. The first-order valence-corrected chi connectivity index (χ1v) is 6.19. The van der Waals surface area contributed by atoms with E-state index in [1.807, 2.05) is 4.90 Å². The zero-order chi connectivity index (χ0) is 11.3. The molecule has 1 saturated heterocycles. The predicted molar refractivity (Wildman–Crippen MR) is 62.5 cm³/mol. The fourth-order valence-corrected chi connectivity index (χ4v) is 2.15. The molecule has 3 nitrogen and oxygen atoms in total. The van der Waals surface area contributed by atoms with E-state index in [4.69, 9.17) is 5.73 Å². The van der Waals surface area contributed by atoms with E-state index in [0.29, 0.717) is 0 Å². The molecule has 0 bridgehead atoms. The lowest BCUT2D eigenvalue weighted by Crippen LogP contribution is -2.44. The van der Waals surface area contributed by atoms with Crippen molar-refractivity contribution in [2.24, 2.45) is 11.7 Å². The maximum atomic E-state index is 11.9. The van der Waals surface area contributed by atoms with Gasteiger partial charge in [-0.25, -0.2) is 0 Å². The third kappa shape index (κ3) is 3.82. The van der Waals surface area contributed by atoms with Crippen LogP contribution in [0.25, 0.3) is 0 Å². The van der Waals surface area contributed by atoms with Gasteiger partial charge in [0, 0.05) is 13.1 Å². The molecule has 3 heteroatoms. The number of amides is 1. The Hall–Kier alpha value is -0.570. The van der Waals surface area contributed by atoms with Crippen LogP contribution >= 0.6 is 0 Å². The molecule has 1 aliphatic heterocycles. The van der Waals surface area contributed by atoms with Crippen molar-refractivity contribution in [3.8, 4) is 0 Å². The first-order valence-electron chi connectivity index (χ1n) is 6.19. The van der Waals surface area contributed by atoms with Crippen LogP contribution in [0, 0.1) is 5.92 Å². The van der Waals surface area contributed by atoms with Crippen LogP contribution in [0.2, 0.25) is 0 Å². The van der Waals surface area contributed by atoms with Crippen LogP contribution in [-0.2, 0) is 4.79 Å². The number of nitrogens with zero attached hydrogens (tertiary/aromatic N) is 1. The van der Waals surface area contributed by atoms with Gasteiger partial charge in [0.1, 0.15) is 0 Å². The lowest BCUT2D eigenvalue weighted by atomic mass is 10.0. The van der Waals surface area contributed by atoms with Crippen molar-refractivity contribution in [2.75, 3.05) is 13.1 Å². The monoisotopic (exact) mass is 212 g/mol.